The van der Waals surface area contributed by atoms with Crippen LogP contribution in [0.5, 0.6) is 0 Å². The highest BCUT2D eigenvalue weighted by molar-refractivity contribution is 5.88. The Kier molecular flexibility index (Phi) is 16.3. The van der Waals surface area contributed by atoms with Crippen molar-refractivity contribution in [2.75, 3.05) is 40.8 Å². The molecule has 52 heavy (non-hydrogen) atoms. The lowest BCUT2D eigenvalue weighted by atomic mass is 9.96. The van der Waals surface area contributed by atoms with E-state index in [4.69, 9.17) is 20.4 Å². The minimum Gasteiger partial charge on any atom is -0.481 e. The summed E-state index contributed by atoms with van der Waals surface area (Å²) >= 11 is 0. The van der Waals surface area contributed by atoms with Crippen LogP contribution in [-0.4, -0.2) is 114 Å². The third-order valence-corrected chi connectivity index (χ3v) is 9.69. The third kappa shape index (κ3) is 13.0. The second-order valence-electron chi connectivity index (χ2n) is 14.3. The molecule has 4 N–H and O–H groups in total. The molecule has 0 amide bonds. The molecular weight excluding hydrogens is 664 g/mol. The summed E-state index contributed by atoms with van der Waals surface area (Å²) in [5, 5.41) is 33.8. The maximum atomic E-state index is 10.3. The summed E-state index contributed by atoms with van der Waals surface area (Å²) in [5.41, 5.74) is 5.17. The highest BCUT2D eigenvalue weighted by Crippen LogP contribution is 2.31. The van der Waals surface area contributed by atoms with Crippen LogP contribution in [0.15, 0.2) is 55.4 Å². The van der Waals surface area contributed by atoms with E-state index in [0.717, 1.165) is 0 Å². The molecule has 3 aromatic heterocycles. The highest BCUT2D eigenvalue weighted by atomic mass is 16.4. The Morgan fingerprint density at radius 2 is 0.885 bits per heavy atom. The Labute approximate surface area is 307 Å². The molecule has 0 unspecified atom stereocenters. The maximum absolute atomic E-state index is 10.3. The Bertz CT molecular complexity index is 1460. The van der Waals surface area contributed by atoms with E-state index in [1.54, 1.807) is 0 Å². The van der Waals surface area contributed by atoms with Gasteiger partial charge in [-0.1, -0.05) is 18.2 Å². The molecule has 13 heteroatoms. The van der Waals surface area contributed by atoms with Crippen molar-refractivity contribution < 1.29 is 34.8 Å². The van der Waals surface area contributed by atoms with Gasteiger partial charge in [0.1, 0.15) is 0 Å². The van der Waals surface area contributed by atoms with Crippen molar-refractivity contribution in [2.24, 2.45) is 0 Å². The van der Waals surface area contributed by atoms with Gasteiger partial charge in [0, 0.05) is 55.3 Å². The molecule has 0 bridgehead atoms. The van der Waals surface area contributed by atoms with Gasteiger partial charge in [0.15, 0.2) is 5.60 Å². The maximum Gasteiger partial charge on any atom is 0.336 e. The Balaban J connectivity index is 0.000000187. The number of pyridine rings is 3. The van der Waals surface area contributed by atoms with Gasteiger partial charge in [-0.2, -0.15) is 0 Å². The van der Waals surface area contributed by atoms with Crippen LogP contribution in [0, 0.1) is 20.8 Å². The molecule has 3 fully saturated rings. The molecule has 3 aromatic rings. The average molecular weight is 721 g/mol. The van der Waals surface area contributed by atoms with Crippen LogP contribution in [0.1, 0.15) is 103 Å². The van der Waals surface area contributed by atoms with Crippen molar-refractivity contribution in [1.29, 1.82) is 0 Å². The Hall–Kier alpha value is -4.30. The van der Waals surface area contributed by atoms with Gasteiger partial charge in [0.2, 0.25) is 0 Å². The number of rotatable bonds is 8. The highest BCUT2D eigenvalue weighted by Gasteiger charge is 2.40. The van der Waals surface area contributed by atoms with E-state index in [1.165, 1.54) is 91.5 Å². The van der Waals surface area contributed by atoms with Crippen molar-refractivity contribution >= 4 is 17.9 Å². The monoisotopic (exact) mass is 720 g/mol. The smallest absolute Gasteiger partial charge is 0.336 e. The molecule has 3 atom stereocenters. The number of likely N-dealkylation sites (tertiary alicyclic amines) is 3. The van der Waals surface area contributed by atoms with Crippen LogP contribution in [0.4, 0.5) is 0 Å². The molecule has 3 saturated heterocycles. The SMILES string of the molecule is Cc1cncc([C@@H]2CCCN2C)c1.Cc1cncc([C@@H]2CCCN2C)c1.Cc1cncc([C@@H]2CCCN2C)c1.O=C(O)CC(O)(CC(=O)O)C(=O)O. The lowest BCUT2D eigenvalue weighted by molar-refractivity contribution is -0.170. The third-order valence-electron chi connectivity index (χ3n) is 9.69. The van der Waals surface area contributed by atoms with Crippen LogP contribution < -0.4 is 0 Å². The van der Waals surface area contributed by atoms with E-state index in [0.29, 0.717) is 18.1 Å². The number of aryl methyl sites for hydroxylation is 3. The predicted molar refractivity (Wildman–Crippen MR) is 198 cm³/mol. The molecule has 6 rings (SSSR count). The van der Waals surface area contributed by atoms with Crippen molar-refractivity contribution in [2.45, 2.75) is 95.9 Å². The van der Waals surface area contributed by atoms with Gasteiger partial charge >= 0.3 is 17.9 Å². The number of hydrogen-bond acceptors (Lipinski definition) is 10. The number of aromatic nitrogens is 3. The van der Waals surface area contributed by atoms with E-state index in [1.807, 2.05) is 37.2 Å². The van der Waals surface area contributed by atoms with Crippen molar-refractivity contribution in [1.82, 2.24) is 29.7 Å². The van der Waals surface area contributed by atoms with Gasteiger partial charge in [-0.25, -0.2) is 4.79 Å². The molecule has 0 radical (unpaired) electrons. The molecule has 0 saturated carbocycles. The first-order valence-electron chi connectivity index (χ1n) is 17.8. The van der Waals surface area contributed by atoms with Gasteiger partial charge in [0.25, 0.3) is 0 Å². The van der Waals surface area contributed by atoms with Crippen molar-refractivity contribution in [3.8, 4) is 0 Å². The number of nitrogens with zero attached hydrogens (tertiary/aromatic N) is 6. The van der Waals surface area contributed by atoms with Gasteiger partial charge in [-0.15, -0.1) is 0 Å². The van der Waals surface area contributed by atoms with E-state index >= 15 is 0 Å². The normalized spacial score (nSPS) is 20.5. The number of hydrogen-bond donors (Lipinski definition) is 4. The molecular formula is C39H56N6O7. The molecule has 0 aliphatic carbocycles. The van der Waals surface area contributed by atoms with Gasteiger partial charge in [0.05, 0.1) is 12.8 Å². The average Bonchev–Trinajstić information content (AvgIpc) is 3.82. The number of carboxylic acids is 3. The van der Waals surface area contributed by atoms with Crippen LogP contribution in [0.2, 0.25) is 0 Å². The second-order valence-corrected chi connectivity index (χ2v) is 14.3. The molecule has 13 nitrogen and oxygen atoms in total. The van der Waals surface area contributed by atoms with Gasteiger partial charge in [-0.05, 0) is 133 Å². The molecule has 6 heterocycles. The Morgan fingerprint density at radius 1 is 0.596 bits per heavy atom. The van der Waals surface area contributed by atoms with E-state index in [9.17, 15) is 14.4 Å². The molecule has 0 aromatic carbocycles. The lowest BCUT2D eigenvalue weighted by Crippen LogP contribution is -2.42. The summed E-state index contributed by atoms with van der Waals surface area (Å²) in [6, 6.07) is 8.56. The largest absolute Gasteiger partial charge is 0.481 e. The van der Waals surface area contributed by atoms with Crippen LogP contribution >= 0.6 is 0 Å². The number of carboxylic acid groups (broad SMARTS) is 3. The van der Waals surface area contributed by atoms with E-state index in [2.05, 4.69) is 89.8 Å². The van der Waals surface area contributed by atoms with Crippen molar-refractivity contribution in [3.63, 3.8) is 0 Å². The summed E-state index contributed by atoms with van der Waals surface area (Å²) < 4.78 is 0. The first-order chi connectivity index (χ1) is 24.6. The fourth-order valence-corrected chi connectivity index (χ4v) is 6.99. The number of aliphatic hydroxyl groups is 1. The first-order valence-corrected chi connectivity index (χ1v) is 17.8. The zero-order valence-corrected chi connectivity index (χ0v) is 31.4. The van der Waals surface area contributed by atoms with Gasteiger partial charge in [-0.3, -0.25) is 39.2 Å². The summed E-state index contributed by atoms with van der Waals surface area (Å²) in [7, 11) is 6.58. The second kappa shape index (κ2) is 20.1. The summed E-state index contributed by atoms with van der Waals surface area (Å²) in [6.07, 6.45) is 17.2. The summed E-state index contributed by atoms with van der Waals surface area (Å²) in [6.45, 7) is 9.97. The van der Waals surface area contributed by atoms with Crippen LogP contribution in [-0.2, 0) is 14.4 Å². The zero-order chi connectivity index (χ0) is 38.4. The fraction of sp³-hybridized carbons (Fsp3) is 0.538. The topological polar surface area (TPSA) is 181 Å². The molecule has 3 aliphatic rings. The van der Waals surface area contributed by atoms with Crippen LogP contribution in [0.25, 0.3) is 0 Å². The zero-order valence-electron chi connectivity index (χ0n) is 31.4. The summed E-state index contributed by atoms with van der Waals surface area (Å²) in [5.74, 6) is -5.02. The van der Waals surface area contributed by atoms with Gasteiger partial charge < -0.3 is 20.4 Å². The quantitative estimate of drug-likeness (QED) is 0.238. The number of aliphatic carboxylic acids is 3. The predicted octanol–water partition coefficient (Wildman–Crippen LogP) is 5.22. The van der Waals surface area contributed by atoms with E-state index < -0.39 is 36.4 Å². The minimum atomic E-state index is -2.74. The standard InChI is InChI=1S/3C11H16N2.C6H8O7/c3*1-9-6-10(8-12-7-9)11-4-3-5-13(11)2;7-3(8)1-6(13,5(11)12)2-4(9)10/h3*6-8,11H,3-5H2,1-2H3;13H,1-2H2,(H,7,8)(H,9,10)(H,11,12)/t3*11-;/m000./s1. The minimum absolute atomic E-state index is 0.604. The molecule has 284 valence electrons. The first kappa shape index (κ1) is 42.1. The van der Waals surface area contributed by atoms with E-state index in [-0.39, 0.29) is 0 Å². The fourth-order valence-electron chi connectivity index (χ4n) is 6.99. The van der Waals surface area contributed by atoms with Crippen molar-refractivity contribution in [3.05, 3.63) is 88.8 Å². The molecule has 3 aliphatic heterocycles. The van der Waals surface area contributed by atoms with Crippen LogP contribution in [0.3, 0.4) is 0 Å². The number of carbonyl (C=O) groups is 3. The molecule has 0 spiro atoms. The Morgan fingerprint density at radius 3 is 1.08 bits per heavy atom. The lowest BCUT2D eigenvalue weighted by Gasteiger charge is -2.19. The summed E-state index contributed by atoms with van der Waals surface area (Å²) in [4.78, 5) is 50.4.